The molecule has 0 bridgehead atoms. The van der Waals surface area contributed by atoms with Gasteiger partial charge in [-0.3, -0.25) is 9.59 Å². The molecule has 6 heteroatoms. The highest BCUT2D eigenvalue weighted by molar-refractivity contribution is 6.39. The Labute approximate surface area is 118 Å². The van der Waals surface area contributed by atoms with Crippen LogP contribution in [-0.2, 0) is 9.59 Å². The minimum absolute atomic E-state index is 0.463. The van der Waals surface area contributed by atoms with E-state index in [1.54, 1.807) is 17.0 Å². The average molecular weight is 276 g/mol. The number of benzene rings is 1. The molecule has 0 saturated carbocycles. The summed E-state index contributed by atoms with van der Waals surface area (Å²) in [6.45, 7) is 4.63. The molecule has 2 amide bonds. The third-order valence-corrected chi connectivity index (χ3v) is 3.44. The zero-order valence-corrected chi connectivity index (χ0v) is 11.8. The van der Waals surface area contributed by atoms with Crippen molar-refractivity contribution in [3.63, 3.8) is 0 Å². The van der Waals surface area contributed by atoms with Gasteiger partial charge in [0.2, 0.25) is 0 Å². The van der Waals surface area contributed by atoms with E-state index in [1.165, 1.54) is 0 Å². The van der Waals surface area contributed by atoms with Crippen molar-refractivity contribution in [1.82, 2.24) is 9.80 Å². The fourth-order valence-corrected chi connectivity index (χ4v) is 2.12. The zero-order chi connectivity index (χ0) is 14.7. The Kier molecular flexibility index (Phi) is 4.24. The number of carbonyl (C=O) groups is 2. The predicted octanol–water partition coefficient (Wildman–Crippen LogP) is 0.290. The van der Waals surface area contributed by atoms with Crippen molar-refractivity contribution in [2.75, 3.05) is 44.3 Å². The van der Waals surface area contributed by atoms with Gasteiger partial charge in [-0.1, -0.05) is 6.07 Å². The molecule has 2 rings (SSSR count). The second kappa shape index (κ2) is 5.92. The van der Waals surface area contributed by atoms with Gasteiger partial charge in [0.05, 0.1) is 11.4 Å². The van der Waals surface area contributed by atoms with Gasteiger partial charge in [-0.15, -0.1) is 0 Å². The molecule has 6 nitrogen and oxygen atoms in total. The summed E-state index contributed by atoms with van der Waals surface area (Å²) < 4.78 is 0. The molecule has 1 aromatic rings. The molecule has 3 N–H and O–H groups in total. The number of likely N-dealkylation sites (N-methyl/N-ethyl adjacent to an activating group) is 1. The number of piperazine rings is 1. The number of aryl methyl sites for hydroxylation is 1. The summed E-state index contributed by atoms with van der Waals surface area (Å²) in [6.07, 6.45) is 0. The number of carbonyl (C=O) groups excluding carboxylic acids is 2. The maximum atomic E-state index is 12.0. The highest BCUT2D eigenvalue weighted by Gasteiger charge is 2.25. The Morgan fingerprint density at radius 1 is 1.20 bits per heavy atom. The van der Waals surface area contributed by atoms with Crippen LogP contribution in [0.4, 0.5) is 11.4 Å². The Morgan fingerprint density at radius 2 is 1.85 bits per heavy atom. The molecule has 0 radical (unpaired) electrons. The van der Waals surface area contributed by atoms with Crippen LogP contribution >= 0.6 is 0 Å². The number of rotatable bonds is 1. The molecule has 0 spiro atoms. The van der Waals surface area contributed by atoms with E-state index in [4.69, 9.17) is 5.73 Å². The summed E-state index contributed by atoms with van der Waals surface area (Å²) in [4.78, 5) is 27.7. The number of nitrogens with zero attached hydrogens (tertiary/aromatic N) is 2. The first kappa shape index (κ1) is 14.3. The first-order valence-electron chi connectivity index (χ1n) is 6.62. The van der Waals surface area contributed by atoms with Gasteiger partial charge in [-0.25, -0.2) is 0 Å². The van der Waals surface area contributed by atoms with Gasteiger partial charge in [0, 0.05) is 26.2 Å². The summed E-state index contributed by atoms with van der Waals surface area (Å²) >= 11 is 0. The van der Waals surface area contributed by atoms with Crippen molar-refractivity contribution in [2.45, 2.75) is 6.92 Å². The summed E-state index contributed by atoms with van der Waals surface area (Å²) in [6, 6.07) is 5.31. The maximum absolute atomic E-state index is 12.0. The van der Waals surface area contributed by atoms with Gasteiger partial charge in [-0.05, 0) is 31.7 Å². The SMILES string of the molecule is Cc1ccc(NC(=O)C(=O)N2CCN(C)CC2)c(N)c1. The second-order valence-corrected chi connectivity index (χ2v) is 5.14. The standard InChI is InChI=1S/C14H20N4O2/c1-10-3-4-12(11(15)9-10)16-13(19)14(20)18-7-5-17(2)6-8-18/h3-4,9H,5-8,15H2,1-2H3,(H,16,19). The summed E-state index contributed by atoms with van der Waals surface area (Å²) in [5.74, 6) is -1.14. The number of anilines is 2. The molecule has 1 saturated heterocycles. The third-order valence-electron chi connectivity index (χ3n) is 3.44. The Balaban J connectivity index is 1.99. The fraction of sp³-hybridized carbons (Fsp3) is 0.429. The van der Waals surface area contributed by atoms with Gasteiger partial charge >= 0.3 is 11.8 Å². The maximum Gasteiger partial charge on any atom is 0.313 e. The van der Waals surface area contributed by atoms with Crippen molar-refractivity contribution in [1.29, 1.82) is 0 Å². The third kappa shape index (κ3) is 3.27. The minimum atomic E-state index is -0.634. The van der Waals surface area contributed by atoms with Crippen LogP contribution in [0.3, 0.4) is 0 Å². The fourth-order valence-electron chi connectivity index (χ4n) is 2.12. The quantitative estimate of drug-likeness (QED) is 0.571. The Hall–Kier alpha value is -2.08. The first-order valence-corrected chi connectivity index (χ1v) is 6.62. The van der Waals surface area contributed by atoms with Gasteiger partial charge in [0.25, 0.3) is 0 Å². The van der Waals surface area contributed by atoms with Crippen molar-refractivity contribution < 1.29 is 9.59 Å². The highest BCUT2D eigenvalue weighted by atomic mass is 16.2. The van der Waals surface area contributed by atoms with E-state index in [2.05, 4.69) is 10.2 Å². The van der Waals surface area contributed by atoms with Crippen LogP contribution in [0, 0.1) is 6.92 Å². The first-order chi connectivity index (χ1) is 9.47. The number of amides is 2. The molecule has 1 aliphatic rings. The molecule has 0 aromatic heterocycles. The van der Waals surface area contributed by atoms with Crippen LogP contribution in [0.1, 0.15) is 5.56 Å². The lowest BCUT2D eigenvalue weighted by molar-refractivity contribution is -0.144. The number of nitrogen functional groups attached to an aromatic ring is 1. The molecular weight excluding hydrogens is 256 g/mol. The minimum Gasteiger partial charge on any atom is -0.397 e. The van der Waals surface area contributed by atoms with Crippen molar-refractivity contribution in [2.24, 2.45) is 0 Å². The number of nitrogens with one attached hydrogen (secondary N) is 1. The monoisotopic (exact) mass is 276 g/mol. The van der Waals surface area contributed by atoms with E-state index in [1.807, 2.05) is 20.0 Å². The Morgan fingerprint density at radius 3 is 2.45 bits per heavy atom. The molecule has 1 aliphatic heterocycles. The normalized spacial score (nSPS) is 16.0. The van der Waals surface area contributed by atoms with Crippen LogP contribution in [0.25, 0.3) is 0 Å². The van der Waals surface area contributed by atoms with E-state index >= 15 is 0 Å². The van der Waals surface area contributed by atoms with Gasteiger partial charge in [0.15, 0.2) is 0 Å². The molecule has 0 aliphatic carbocycles. The lowest BCUT2D eigenvalue weighted by Gasteiger charge is -2.31. The van der Waals surface area contributed by atoms with E-state index in [0.717, 1.165) is 18.7 Å². The molecule has 20 heavy (non-hydrogen) atoms. The number of hydrogen-bond donors (Lipinski definition) is 2. The molecule has 1 heterocycles. The second-order valence-electron chi connectivity index (χ2n) is 5.14. The molecule has 1 aromatic carbocycles. The van der Waals surface area contributed by atoms with Crippen LogP contribution < -0.4 is 11.1 Å². The van der Waals surface area contributed by atoms with E-state index < -0.39 is 11.8 Å². The zero-order valence-electron chi connectivity index (χ0n) is 11.8. The van der Waals surface area contributed by atoms with Crippen LogP contribution in [0.15, 0.2) is 18.2 Å². The lowest BCUT2D eigenvalue weighted by Crippen LogP contribution is -2.50. The molecule has 0 atom stereocenters. The molecular formula is C14H20N4O2. The summed E-state index contributed by atoms with van der Waals surface area (Å²) in [5, 5.41) is 2.58. The van der Waals surface area contributed by atoms with Crippen molar-refractivity contribution in [3.05, 3.63) is 23.8 Å². The van der Waals surface area contributed by atoms with E-state index in [-0.39, 0.29) is 0 Å². The van der Waals surface area contributed by atoms with E-state index in [0.29, 0.717) is 24.5 Å². The summed E-state index contributed by atoms with van der Waals surface area (Å²) in [7, 11) is 1.99. The number of nitrogens with two attached hydrogens (primary N) is 1. The van der Waals surface area contributed by atoms with E-state index in [9.17, 15) is 9.59 Å². The van der Waals surface area contributed by atoms with Crippen molar-refractivity contribution >= 4 is 23.2 Å². The largest absolute Gasteiger partial charge is 0.397 e. The van der Waals surface area contributed by atoms with Crippen LogP contribution in [0.5, 0.6) is 0 Å². The molecule has 1 fully saturated rings. The topological polar surface area (TPSA) is 78.7 Å². The molecule has 0 unspecified atom stereocenters. The van der Waals surface area contributed by atoms with Crippen LogP contribution in [0.2, 0.25) is 0 Å². The molecule has 108 valence electrons. The Bertz CT molecular complexity index is 522. The van der Waals surface area contributed by atoms with Gasteiger partial charge in [-0.2, -0.15) is 0 Å². The van der Waals surface area contributed by atoms with Gasteiger partial charge < -0.3 is 20.9 Å². The van der Waals surface area contributed by atoms with Crippen molar-refractivity contribution in [3.8, 4) is 0 Å². The lowest BCUT2D eigenvalue weighted by atomic mass is 10.2. The predicted molar refractivity (Wildman–Crippen MR) is 78.3 cm³/mol. The smallest absolute Gasteiger partial charge is 0.313 e. The van der Waals surface area contributed by atoms with Gasteiger partial charge in [0.1, 0.15) is 0 Å². The number of hydrogen-bond acceptors (Lipinski definition) is 4. The highest BCUT2D eigenvalue weighted by Crippen LogP contribution is 2.19. The summed E-state index contributed by atoms with van der Waals surface area (Å²) in [5.41, 5.74) is 7.76. The average Bonchev–Trinajstić information content (AvgIpc) is 2.42. The van der Waals surface area contributed by atoms with Crippen LogP contribution in [-0.4, -0.2) is 54.8 Å².